The smallest absolute Gasteiger partial charge is 0.477 e. The second-order valence-electron chi connectivity index (χ2n) is 10.1. The number of carboxylic acid groups (broad SMARTS) is 1. The third-order valence-electron chi connectivity index (χ3n) is 5.62. The van der Waals surface area contributed by atoms with Crippen molar-refractivity contribution in [2.24, 2.45) is 0 Å². The second-order valence-corrected chi connectivity index (χ2v) is 10.1. The Morgan fingerprint density at radius 3 is 1.88 bits per heavy atom. The van der Waals surface area contributed by atoms with Gasteiger partial charge in [-0.25, -0.2) is 19.2 Å². The molecular formula is C28H43NO11. The van der Waals surface area contributed by atoms with Crippen molar-refractivity contribution in [3.05, 3.63) is 23.8 Å². The van der Waals surface area contributed by atoms with Gasteiger partial charge in [-0.1, -0.05) is 39.7 Å². The van der Waals surface area contributed by atoms with Crippen LogP contribution >= 0.6 is 0 Å². The van der Waals surface area contributed by atoms with E-state index in [0.717, 1.165) is 12.8 Å². The van der Waals surface area contributed by atoms with E-state index in [1.165, 1.54) is 18.2 Å². The van der Waals surface area contributed by atoms with Gasteiger partial charge in [-0.05, 0) is 64.7 Å². The van der Waals surface area contributed by atoms with Crippen molar-refractivity contribution in [2.45, 2.75) is 104 Å². The number of benzene rings is 1. The van der Waals surface area contributed by atoms with Gasteiger partial charge < -0.3 is 33.5 Å². The van der Waals surface area contributed by atoms with E-state index in [2.05, 4.69) is 5.32 Å². The van der Waals surface area contributed by atoms with Crippen LogP contribution in [0.25, 0.3) is 0 Å². The number of hydrogen-bond acceptors (Lipinski definition) is 11. The molecule has 0 aliphatic carbocycles. The summed E-state index contributed by atoms with van der Waals surface area (Å²) < 4.78 is 31.2. The Kier molecular flexibility index (Phi) is 14.3. The molecule has 0 aromatic heterocycles. The van der Waals surface area contributed by atoms with E-state index in [9.17, 15) is 24.3 Å². The molecule has 12 nitrogen and oxygen atoms in total. The Hall–Kier alpha value is -3.54. The third kappa shape index (κ3) is 12.1. The highest BCUT2D eigenvalue weighted by Crippen LogP contribution is 2.32. The molecule has 0 amide bonds. The monoisotopic (exact) mass is 569 g/mol. The number of unbranched alkanes of at least 4 members (excludes halogenated alkanes) is 2. The fourth-order valence-electron chi connectivity index (χ4n) is 3.18. The molecule has 1 aromatic rings. The maximum Gasteiger partial charge on any atom is 0.513 e. The number of carboxylic acids is 1. The molecule has 0 bridgehead atoms. The average molecular weight is 570 g/mol. The summed E-state index contributed by atoms with van der Waals surface area (Å²) in [7, 11) is 0. The van der Waals surface area contributed by atoms with Crippen LogP contribution in [0.3, 0.4) is 0 Å². The normalized spacial score (nSPS) is 12.7. The Morgan fingerprint density at radius 1 is 0.850 bits per heavy atom. The van der Waals surface area contributed by atoms with Gasteiger partial charge >= 0.3 is 24.4 Å². The fraction of sp³-hybridized carbons (Fsp3) is 0.643. The van der Waals surface area contributed by atoms with Gasteiger partial charge in [0.05, 0.1) is 13.2 Å². The zero-order valence-corrected chi connectivity index (χ0v) is 24.5. The molecule has 0 aliphatic heterocycles. The van der Waals surface area contributed by atoms with Gasteiger partial charge in [-0.15, -0.1) is 0 Å². The van der Waals surface area contributed by atoms with Gasteiger partial charge in [0.1, 0.15) is 5.60 Å². The number of ether oxygens (including phenoxy) is 6. The highest BCUT2D eigenvalue weighted by molar-refractivity contribution is 5.80. The maximum atomic E-state index is 12.6. The van der Waals surface area contributed by atoms with Crippen LogP contribution in [0.15, 0.2) is 18.2 Å². The first kappa shape index (κ1) is 34.5. The SMILES string of the molecule is CCCCOC(=O)Oc1ccc(C[C@](NC(C)C)(OC(=O)OC(C)(C)CC)C(=O)O)cc1OC(=O)OCCCC. The molecule has 1 rings (SSSR count). The van der Waals surface area contributed by atoms with Crippen molar-refractivity contribution >= 4 is 24.4 Å². The number of aliphatic carboxylic acids is 1. The van der Waals surface area contributed by atoms with Crippen LogP contribution in [0.1, 0.15) is 86.1 Å². The fourth-order valence-corrected chi connectivity index (χ4v) is 3.18. The number of carbonyl (C=O) groups excluding carboxylic acids is 3. The second kappa shape index (κ2) is 16.5. The first-order chi connectivity index (χ1) is 18.8. The van der Waals surface area contributed by atoms with Gasteiger partial charge in [0.25, 0.3) is 5.72 Å². The van der Waals surface area contributed by atoms with E-state index in [4.69, 9.17) is 28.4 Å². The van der Waals surface area contributed by atoms with Gasteiger partial charge in [0, 0.05) is 12.5 Å². The predicted octanol–water partition coefficient (Wildman–Crippen LogP) is 5.98. The van der Waals surface area contributed by atoms with Gasteiger partial charge in [-0.3, -0.25) is 5.32 Å². The molecule has 0 spiro atoms. The highest BCUT2D eigenvalue weighted by Gasteiger charge is 2.45. The van der Waals surface area contributed by atoms with E-state index in [1.54, 1.807) is 27.7 Å². The number of carbonyl (C=O) groups is 4. The average Bonchev–Trinajstić information content (AvgIpc) is 2.85. The zero-order valence-electron chi connectivity index (χ0n) is 24.5. The lowest BCUT2D eigenvalue weighted by Gasteiger charge is -2.33. The quantitative estimate of drug-likeness (QED) is 0.0790. The Bertz CT molecular complexity index is 992. The Balaban J connectivity index is 3.37. The van der Waals surface area contributed by atoms with Crippen LogP contribution in [0.4, 0.5) is 14.4 Å². The van der Waals surface area contributed by atoms with E-state index in [1.807, 2.05) is 20.8 Å². The summed E-state index contributed by atoms with van der Waals surface area (Å²) in [6, 6.07) is 3.62. The molecule has 0 radical (unpaired) electrons. The van der Waals surface area contributed by atoms with Crippen molar-refractivity contribution < 1.29 is 52.7 Å². The van der Waals surface area contributed by atoms with Crippen LogP contribution in [0, 0.1) is 0 Å². The Labute approximate surface area is 235 Å². The highest BCUT2D eigenvalue weighted by atomic mass is 16.8. The molecule has 2 N–H and O–H groups in total. The van der Waals surface area contributed by atoms with E-state index in [-0.39, 0.29) is 30.3 Å². The van der Waals surface area contributed by atoms with Crippen LogP contribution < -0.4 is 14.8 Å². The summed E-state index contributed by atoms with van der Waals surface area (Å²) in [4.78, 5) is 49.5. The van der Waals surface area contributed by atoms with E-state index in [0.29, 0.717) is 19.3 Å². The standard InChI is InChI=1S/C28H43NO11/c1-8-11-15-35-24(32)37-21-14-13-20(17-22(21)38-25(33)36-16-12-9-2)18-28(23(30)31,29-19(4)5)40-26(34)39-27(6,7)10-3/h13-14,17,19,29H,8-12,15-16,18H2,1-7H3,(H,30,31)/t28-/m0/s1. The topological polar surface area (TPSA) is 156 Å². The van der Waals surface area contributed by atoms with Gasteiger partial charge in [0.2, 0.25) is 0 Å². The first-order valence-corrected chi connectivity index (χ1v) is 13.5. The molecule has 40 heavy (non-hydrogen) atoms. The van der Waals surface area contributed by atoms with Crippen LogP contribution in [-0.4, -0.2) is 60.1 Å². The van der Waals surface area contributed by atoms with Gasteiger partial charge in [-0.2, -0.15) is 0 Å². The lowest BCUT2D eigenvalue weighted by Crippen LogP contribution is -2.59. The van der Waals surface area contributed by atoms with Crippen molar-refractivity contribution in [3.8, 4) is 11.5 Å². The van der Waals surface area contributed by atoms with Crippen LogP contribution in [-0.2, 0) is 30.2 Å². The number of hydrogen-bond donors (Lipinski definition) is 2. The molecule has 1 atom stereocenters. The lowest BCUT2D eigenvalue weighted by molar-refractivity contribution is -0.169. The molecule has 12 heteroatoms. The zero-order chi connectivity index (χ0) is 30.3. The molecular weight excluding hydrogens is 526 g/mol. The summed E-state index contributed by atoms with van der Waals surface area (Å²) in [5.41, 5.74) is -2.86. The molecule has 0 saturated carbocycles. The number of nitrogens with one attached hydrogen (secondary N) is 1. The minimum absolute atomic E-state index is 0.120. The van der Waals surface area contributed by atoms with Crippen LogP contribution in [0.2, 0.25) is 0 Å². The summed E-state index contributed by atoms with van der Waals surface area (Å²) >= 11 is 0. The first-order valence-electron chi connectivity index (χ1n) is 13.5. The summed E-state index contributed by atoms with van der Waals surface area (Å²) in [5.74, 6) is -1.85. The molecule has 0 saturated heterocycles. The Morgan fingerprint density at radius 2 is 1.40 bits per heavy atom. The molecule has 0 fully saturated rings. The predicted molar refractivity (Wildman–Crippen MR) is 144 cm³/mol. The summed E-state index contributed by atoms with van der Waals surface area (Å²) in [6.45, 7) is 12.6. The van der Waals surface area contributed by atoms with Crippen molar-refractivity contribution in [1.29, 1.82) is 0 Å². The molecule has 226 valence electrons. The van der Waals surface area contributed by atoms with Crippen molar-refractivity contribution in [1.82, 2.24) is 5.32 Å². The van der Waals surface area contributed by atoms with Crippen molar-refractivity contribution in [2.75, 3.05) is 13.2 Å². The molecule has 1 aromatic carbocycles. The summed E-state index contributed by atoms with van der Waals surface area (Å²) in [5, 5.41) is 12.9. The van der Waals surface area contributed by atoms with Crippen molar-refractivity contribution in [3.63, 3.8) is 0 Å². The van der Waals surface area contributed by atoms with Crippen LogP contribution in [0.5, 0.6) is 11.5 Å². The minimum Gasteiger partial charge on any atom is -0.477 e. The van der Waals surface area contributed by atoms with Gasteiger partial charge in [0.15, 0.2) is 11.5 Å². The maximum absolute atomic E-state index is 12.6. The third-order valence-corrected chi connectivity index (χ3v) is 5.62. The van der Waals surface area contributed by atoms with E-state index < -0.39 is 48.2 Å². The molecule has 0 heterocycles. The number of rotatable bonds is 16. The summed E-state index contributed by atoms with van der Waals surface area (Å²) in [6.07, 6.45) is -0.293. The van der Waals surface area contributed by atoms with E-state index >= 15 is 0 Å². The molecule has 0 unspecified atom stereocenters. The molecule has 0 aliphatic rings. The minimum atomic E-state index is -2.24. The lowest BCUT2D eigenvalue weighted by atomic mass is 10.0. The largest absolute Gasteiger partial charge is 0.513 e.